The van der Waals surface area contributed by atoms with E-state index in [4.69, 9.17) is 12.2 Å². The van der Waals surface area contributed by atoms with Gasteiger partial charge in [-0.15, -0.1) is 11.3 Å². The van der Waals surface area contributed by atoms with Gasteiger partial charge >= 0.3 is 0 Å². The molecule has 3 rings (SSSR count). The zero-order chi connectivity index (χ0) is 18.7. The van der Waals surface area contributed by atoms with E-state index in [-0.39, 0.29) is 5.76 Å². The Bertz CT molecular complexity index is 975. The Hall–Kier alpha value is -2.50. The number of aliphatic hydroxyl groups excluding tert-OH is 1. The normalized spacial score (nSPS) is 11.8. The van der Waals surface area contributed by atoms with Gasteiger partial charge in [0.05, 0.1) is 4.88 Å². The molecule has 1 aromatic carbocycles. The van der Waals surface area contributed by atoms with Crippen molar-refractivity contribution in [2.24, 2.45) is 0 Å². The van der Waals surface area contributed by atoms with Crippen LogP contribution >= 0.6 is 23.6 Å². The summed E-state index contributed by atoms with van der Waals surface area (Å²) in [6, 6.07) is 13.9. The quantitative estimate of drug-likeness (QED) is 0.279. The van der Waals surface area contributed by atoms with Crippen molar-refractivity contribution in [2.75, 3.05) is 5.32 Å². The van der Waals surface area contributed by atoms with Crippen LogP contribution in [0.2, 0.25) is 0 Å². The molecule has 0 fully saturated rings. The monoisotopic (exact) mass is 381 g/mol. The molecule has 0 saturated heterocycles. The van der Waals surface area contributed by atoms with Crippen LogP contribution in [0.1, 0.15) is 21.6 Å². The van der Waals surface area contributed by atoms with Crippen LogP contribution in [0.25, 0.3) is 11.5 Å². The van der Waals surface area contributed by atoms with E-state index in [1.165, 1.54) is 16.9 Å². The summed E-state index contributed by atoms with van der Waals surface area (Å²) in [6.07, 6.45) is 3.84. The molecular weight excluding hydrogens is 360 g/mol. The Balaban J connectivity index is 2.06. The molecule has 0 bridgehead atoms. The van der Waals surface area contributed by atoms with Crippen molar-refractivity contribution in [2.45, 2.75) is 20.8 Å². The lowest BCUT2D eigenvalue weighted by molar-refractivity contribution is -0.576. The summed E-state index contributed by atoms with van der Waals surface area (Å²) in [7, 11) is 0. The highest BCUT2D eigenvalue weighted by Crippen LogP contribution is 2.24. The zero-order valence-electron chi connectivity index (χ0n) is 15.0. The molecule has 0 aliphatic carbocycles. The van der Waals surface area contributed by atoms with E-state index in [0.717, 1.165) is 21.7 Å². The van der Waals surface area contributed by atoms with Crippen LogP contribution < -0.4 is 9.88 Å². The molecule has 0 aliphatic rings. The molecule has 26 heavy (non-hydrogen) atoms. The van der Waals surface area contributed by atoms with Gasteiger partial charge in [0, 0.05) is 17.3 Å². The van der Waals surface area contributed by atoms with E-state index in [1.807, 2.05) is 72.6 Å². The Morgan fingerprint density at radius 3 is 2.54 bits per heavy atom. The van der Waals surface area contributed by atoms with Gasteiger partial charge in [-0.3, -0.25) is 0 Å². The average Bonchev–Trinajstić information content (AvgIpc) is 3.12. The van der Waals surface area contributed by atoms with Gasteiger partial charge in [0.25, 0.3) is 5.70 Å². The molecule has 2 heterocycles. The van der Waals surface area contributed by atoms with E-state index >= 15 is 0 Å². The number of anilines is 1. The maximum Gasteiger partial charge on any atom is 0.289 e. The minimum absolute atomic E-state index is 0.165. The van der Waals surface area contributed by atoms with Gasteiger partial charge in [0.15, 0.2) is 17.4 Å². The smallest absolute Gasteiger partial charge is 0.289 e. The van der Waals surface area contributed by atoms with Crippen LogP contribution in [0, 0.1) is 20.8 Å². The first-order valence-electron chi connectivity index (χ1n) is 8.29. The summed E-state index contributed by atoms with van der Waals surface area (Å²) < 4.78 is 1.86. The lowest BCUT2D eigenvalue weighted by Crippen LogP contribution is -2.38. The third-order valence-electron chi connectivity index (χ3n) is 4.03. The number of aryl methyl sites for hydroxylation is 3. The van der Waals surface area contributed by atoms with E-state index in [9.17, 15) is 5.11 Å². The molecule has 2 aromatic heterocycles. The zero-order valence-corrected chi connectivity index (χ0v) is 16.6. The second-order valence-corrected chi connectivity index (χ2v) is 7.59. The molecule has 132 valence electrons. The van der Waals surface area contributed by atoms with Gasteiger partial charge in [-0.2, -0.15) is 4.57 Å². The molecule has 0 saturated carbocycles. The van der Waals surface area contributed by atoms with Gasteiger partial charge in [0.2, 0.25) is 5.76 Å². The number of aromatic nitrogens is 1. The number of hydrogen-bond acceptors (Lipinski definition) is 3. The number of benzene rings is 1. The number of pyridine rings is 1. The summed E-state index contributed by atoms with van der Waals surface area (Å²) >= 11 is 7.16. The van der Waals surface area contributed by atoms with Crippen molar-refractivity contribution >= 4 is 45.7 Å². The molecule has 0 radical (unpaired) electrons. The second kappa shape index (κ2) is 7.81. The number of rotatable bonds is 4. The van der Waals surface area contributed by atoms with Crippen LogP contribution in [-0.4, -0.2) is 10.1 Å². The Labute approximate surface area is 163 Å². The predicted molar refractivity (Wildman–Crippen MR) is 114 cm³/mol. The molecule has 0 atom stereocenters. The Morgan fingerprint density at radius 2 is 1.88 bits per heavy atom. The fourth-order valence-electron chi connectivity index (χ4n) is 2.74. The van der Waals surface area contributed by atoms with Crippen LogP contribution in [0.5, 0.6) is 0 Å². The summed E-state index contributed by atoms with van der Waals surface area (Å²) in [4.78, 5) is 1.25. The highest BCUT2D eigenvalue weighted by Gasteiger charge is 2.24. The molecular formula is C21H21N2OS2+. The van der Waals surface area contributed by atoms with Crippen LogP contribution in [0.4, 0.5) is 5.69 Å². The fourth-order valence-corrected chi connectivity index (χ4v) is 3.73. The van der Waals surface area contributed by atoms with Crippen LogP contribution in [0.3, 0.4) is 0 Å². The largest absolute Gasteiger partial charge is 0.501 e. The average molecular weight is 382 g/mol. The molecule has 3 aromatic rings. The van der Waals surface area contributed by atoms with Crippen molar-refractivity contribution in [3.8, 4) is 0 Å². The number of hydrogen-bond donors (Lipinski definition) is 2. The van der Waals surface area contributed by atoms with Gasteiger partial charge in [-0.1, -0.05) is 36.0 Å². The van der Waals surface area contributed by atoms with Crippen molar-refractivity contribution in [3.63, 3.8) is 0 Å². The summed E-state index contributed by atoms with van der Waals surface area (Å²) in [5.41, 5.74) is 4.88. The highest BCUT2D eigenvalue weighted by molar-refractivity contribution is 7.81. The van der Waals surface area contributed by atoms with Crippen LogP contribution in [0.15, 0.2) is 60.2 Å². The molecule has 2 N–H and O–H groups in total. The second-order valence-electron chi connectivity index (χ2n) is 6.24. The lowest BCUT2D eigenvalue weighted by Gasteiger charge is -2.12. The van der Waals surface area contributed by atoms with Gasteiger partial charge in [-0.25, -0.2) is 0 Å². The Morgan fingerprint density at radius 1 is 1.08 bits per heavy atom. The van der Waals surface area contributed by atoms with E-state index in [2.05, 4.69) is 18.3 Å². The summed E-state index contributed by atoms with van der Waals surface area (Å²) in [5.74, 6) is 0.165. The molecule has 5 heteroatoms. The van der Waals surface area contributed by atoms with E-state index in [1.54, 1.807) is 0 Å². The first kappa shape index (κ1) is 18.3. The summed E-state index contributed by atoms with van der Waals surface area (Å²) in [6.45, 7) is 6.11. The maximum atomic E-state index is 10.9. The third kappa shape index (κ3) is 4.00. The van der Waals surface area contributed by atoms with Crippen LogP contribution in [-0.2, 0) is 0 Å². The van der Waals surface area contributed by atoms with Gasteiger partial charge in [0.1, 0.15) is 0 Å². The van der Waals surface area contributed by atoms with Crippen molar-refractivity contribution in [1.82, 2.24) is 0 Å². The number of nitrogens with zero attached hydrogens (tertiary/aromatic N) is 1. The topological polar surface area (TPSA) is 36.1 Å². The molecule has 3 nitrogen and oxygen atoms in total. The minimum atomic E-state index is 0.165. The number of aliphatic hydroxyl groups is 1. The van der Waals surface area contributed by atoms with Crippen molar-refractivity contribution in [1.29, 1.82) is 0 Å². The predicted octanol–water partition coefficient (Wildman–Crippen LogP) is 5.28. The standard InChI is InChI=1S/C21H20N2OS2/c1-14-8-9-17(16(3)12-14)22-21(25)19(20(24)18-7-5-11-26-18)23-10-4-6-15(2)13-23/h4-13H,1-3H3,(H-,22,24,25)/p+1. The SMILES string of the molecule is Cc1ccc(NC(=S)C(=C(O)c2cccs2)[n+]2cccc(C)c2)c(C)c1. The van der Waals surface area contributed by atoms with Crippen molar-refractivity contribution < 1.29 is 9.67 Å². The Kier molecular flexibility index (Phi) is 5.49. The van der Waals surface area contributed by atoms with E-state index < -0.39 is 0 Å². The number of thiocarbonyl (C=S) groups is 1. The molecule has 0 spiro atoms. The van der Waals surface area contributed by atoms with Gasteiger partial charge < -0.3 is 10.4 Å². The molecule has 0 amide bonds. The minimum Gasteiger partial charge on any atom is -0.501 e. The number of thiophene rings is 1. The molecule has 0 aliphatic heterocycles. The highest BCUT2D eigenvalue weighted by atomic mass is 32.1. The first-order chi connectivity index (χ1) is 12.5. The first-order valence-corrected chi connectivity index (χ1v) is 9.58. The third-order valence-corrected chi connectivity index (χ3v) is 5.20. The van der Waals surface area contributed by atoms with E-state index in [0.29, 0.717) is 10.7 Å². The number of nitrogens with one attached hydrogen (secondary N) is 1. The van der Waals surface area contributed by atoms with Gasteiger partial charge in [-0.05, 0) is 49.9 Å². The fraction of sp³-hybridized carbons (Fsp3) is 0.143. The summed E-state index contributed by atoms with van der Waals surface area (Å²) in [5, 5.41) is 16.1. The van der Waals surface area contributed by atoms with Crippen molar-refractivity contribution in [3.05, 3.63) is 81.8 Å². The maximum absolute atomic E-state index is 10.9. The molecule has 0 unspecified atom stereocenters. The lowest BCUT2D eigenvalue weighted by atomic mass is 10.1.